The van der Waals surface area contributed by atoms with Gasteiger partial charge in [0.1, 0.15) is 13.2 Å². The second-order valence-corrected chi connectivity index (χ2v) is 9.86. The normalized spacial score (nSPS) is 17.4. The first kappa shape index (κ1) is 23.7. The third-order valence-electron chi connectivity index (χ3n) is 7.07. The van der Waals surface area contributed by atoms with Gasteiger partial charge >= 0.3 is 0 Å². The fraction of sp³-hybridized carbons (Fsp3) is 0.600. The summed E-state index contributed by atoms with van der Waals surface area (Å²) in [5.41, 5.74) is 1.16. The van der Waals surface area contributed by atoms with Gasteiger partial charge < -0.3 is 19.6 Å². The smallest absolute Gasteiger partial charge is 0.252 e. The van der Waals surface area contributed by atoms with Gasteiger partial charge in [0.05, 0.1) is 24.2 Å². The van der Waals surface area contributed by atoms with Crippen LogP contribution in [-0.2, 0) is 6.54 Å². The van der Waals surface area contributed by atoms with Crippen molar-refractivity contribution in [1.29, 1.82) is 0 Å². The molecule has 0 amide bonds. The van der Waals surface area contributed by atoms with E-state index in [1.54, 1.807) is 0 Å². The summed E-state index contributed by atoms with van der Waals surface area (Å²) in [5, 5.41) is 23.6. The maximum Gasteiger partial charge on any atom is 0.252 e. The largest absolute Gasteiger partial charge is 0.486 e. The molecule has 0 radical (unpaired) electrons. The number of rotatable bonds is 8. The monoisotopic (exact) mass is 482 g/mol. The van der Waals surface area contributed by atoms with Gasteiger partial charge in [0.25, 0.3) is 5.56 Å². The number of tetrazole rings is 1. The van der Waals surface area contributed by atoms with E-state index in [0.29, 0.717) is 54.9 Å². The molecule has 1 atom stereocenters. The van der Waals surface area contributed by atoms with Gasteiger partial charge in [-0.2, -0.15) is 0 Å². The SMILES string of the molecule is CC(C)[C@H](c1nnnn1C1CCCCC1)N(CCO)Cc1cc2cc3c(cc2[nH]c1=O)OCCO3. The Morgan fingerprint density at radius 2 is 1.89 bits per heavy atom. The topological polar surface area (TPSA) is 118 Å². The van der Waals surface area contributed by atoms with E-state index in [2.05, 4.69) is 39.3 Å². The van der Waals surface area contributed by atoms with Gasteiger partial charge in [-0.25, -0.2) is 4.68 Å². The lowest BCUT2D eigenvalue weighted by Gasteiger charge is -2.34. The van der Waals surface area contributed by atoms with E-state index in [0.717, 1.165) is 24.1 Å². The Morgan fingerprint density at radius 3 is 2.60 bits per heavy atom. The number of hydrogen-bond acceptors (Lipinski definition) is 8. The van der Waals surface area contributed by atoms with E-state index >= 15 is 0 Å². The molecule has 188 valence electrons. The van der Waals surface area contributed by atoms with Gasteiger partial charge in [-0.1, -0.05) is 33.1 Å². The van der Waals surface area contributed by atoms with Gasteiger partial charge in [0.2, 0.25) is 0 Å². The molecule has 1 aliphatic carbocycles. The van der Waals surface area contributed by atoms with Gasteiger partial charge in [0.15, 0.2) is 17.3 Å². The Kier molecular flexibility index (Phi) is 7.01. The van der Waals surface area contributed by atoms with Crippen LogP contribution >= 0.6 is 0 Å². The molecular weight excluding hydrogens is 448 g/mol. The Morgan fingerprint density at radius 1 is 1.14 bits per heavy atom. The minimum atomic E-state index is -0.161. The minimum Gasteiger partial charge on any atom is -0.486 e. The second kappa shape index (κ2) is 10.3. The van der Waals surface area contributed by atoms with Gasteiger partial charge in [-0.15, -0.1) is 5.10 Å². The zero-order chi connectivity index (χ0) is 24.4. The fourth-order valence-corrected chi connectivity index (χ4v) is 5.43. The van der Waals surface area contributed by atoms with Crippen molar-refractivity contribution >= 4 is 10.9 Å². The molecule has 2 aromatic heterocycles. The maximum absolute atomic E-state index is 13.1. The number of benzene rings is 1. The number of aromatic nitrogens is 5. The van der Waals surface area contributed by atoms with Crippen LogP contribution in [0.5, 0.6) is 11.5 Å². The van der Waals surface area contributed by atoms with Crippen LogP contribution in [-0.4, -0.2) is 61.6 Å². The van der Waals surface area contributed by atoms with Gasteiger partial charge in [0, 0.05) is 30.1 Å². The summed E-state index contributed by atoms with van der Waals surface area (Å²) >= 11 is 0. The molecule has 0 saturated heterocycles. The Labute approximate surface area is 204 Å². The summed E-state index contributed by atoms with van der Waals surface area (Å²) in [6.45, 7) is 5.99. The Hall–Kier alpha value is -2.98. The molecule has 0 bridgehead atoms. The first-order valence-corrected chi connectivity index (χ1v) is 12.6. The molecule has 35 heavy (non-hydrogen) atoms. The highest BCUT2D eigenvalue weighted by Crippen LogP contribution is 2.35. The van der Waals surface area contributed by atoms with Crippen molar-refractivity contribution in [1.82, 2.24) is 30.1 Å². The predicted octanol–water partition coefficient (Wildman–Crippen LogP) is 2.98. The Bertz CT molecular complexity index is 1220. The number of nitrogens with zero attached hydrogens (tertiary/aromatic N) is 5. The lowest BCUT2D eigenvalue weighted by Crippen LogP contribution is -2.38. The highest BCUT2D eigenvalue weighted by atomic mass is 16.6. The van der Waals surface area contributed by atoms with E-state index in [1.165, 1.54) is 19.3 Å². The molecule has 1 aliphatic heterocycles. The van der Waals surface area contributed by atoms with Crippen LogP contribution in [0.2, 0.25) is 0 Å². The van der Waals surface area contributed by atoms with Crippen molar-refractivity contribution < 1.29 is 14.6 Å². The van der Waals surface area contributed by atoms with Gasteiger partial charge in [-0.3, -0.25) is 9.69 Å². The second-order valence-electron chi connectivity index (χ2n) is 9.86. The average Bonchev–Trinajstić information content (AvgIpc) is 3.33. The highest BCUT2D eigenvalue weighted by Gasteiger charge is 2.32. The van der Waals surface area contributed by atoms with Crippen LogP contribution in [0.15, 0.2) is 23.0 Å². The molecule has 1 aromatic carbocycles. The minimum absolute atomic E-state index is 0.0294. The standard InChI is InChI=1S/C25H34N6O4/c1-16(2)23(24-27-28-29-31(24)19-6-4-3-5-7-19)30(8-9-32)15-18-12-17-13-21-22(35-11-10-34-21)14-20(17)26-25(18)33/h12-14,16,19,23,32H,3-11,15H2,1-2H3,(H,26,33)/t23-/m1/s1. The molecule has 0 unspecified atom stereocenters. The summed E-state index contributed by atoms with van der Waals surface area (Å²) in [7, 11) is 0. The van der Waals surface area contributed by atoms with Crippen molar-refractivity contribution in [3.8, 4) is 11.5 Å². The van der Waals surface area contributed by atoms with Crippen LogP contribution in [0.25, 0.3) is 10.9 Å². The molecule has 5 rings (SSSR count). The molecule has 10 nitrogen and oxygen atoms in total. The first-order chi connectivity index (χ1) is 17.0. The lowest BCUT2D eigenvalue weighted by molar-refractivity contribution is 0.103. The van der Waals surface area contributed by atoms with Crippen molar-refractivity contribution in [3.63, 3.8) is 0 Å². The molecule has 2 aliphatic rings. The number of aromatic amines is 1. The molecule has 3 aromatic rings. The number of ether oxygens (including phenoxy) is 2. The van der Waals surface area contributed by atoms with Crippen molar-refractivity contribution in [2.45, 2.75) is 64.6 Å². The zero-order valence-electron chi connectivity index (χ0n) is 20.4. The number of aliphatic hydroxyl groups excluding tert-OH is 1. The number of H-pyrrole nitrogens is 1. The van der Waals surface area contributed by atoms with Crippen LogP contribution in [0.3, 0.4) is 0 Å². The maximum atomic E-state index is 13.1. The van der Waals surface area contributed by atoms with E-state index in [-0.39, 0.29) is 24.1 Å². The van der Waals surface area contributed by atoms with Crippen LogP contribution in [0.4, 0.5) is 0 Å². The van der Waals surface area contributed by atoms with Crippen molar-refractivity contribution in [3.05, 3.63) is 39.9 Å². The summed E-state index contributed by atoms with van der Waals surface area (Å²) < 4.78 is 13.4. The van der Waals surface area contributed by atoms with Gasteiger partial charge in [-0.05, 0) is 41.3 Å². The molecule has 2 N–H and O–H groups in total. The zero-order valence-corrected chi connectivity index (χ0v) is 20.4. The summed E-state index contributed by atoms with van der Waals surface area (Å²) in [5.74, 6) is 2.30. The Balaban J connectivity index is 1.48. The number of hydrogen-bond donors (Lipinski definition) is 2. The average molecular weight is 483 g/mol. The summed E-state index contributed by atoms with van der Waals surface area (Å²) in [6.07, 6.45) is 5.76. The van der Waals surface area contributed by atoms with Crippen molar-refractivity contribution in [2.24, 2.45) is 5.92 Å². The molecule has 0 spiro atoms. The predicted molar refractivity (Wildman–Crippen MR) is 131 cm³/mol. The van der Waals surface area contributed by atoms with E-state index in [9.17, 15) is 9.90 Å². The quantitative estimate of drug-likeness (QED) is 0.503. The fourth-order valence-electron chi connectivity index (χ4n) is 5.43. The third-order valence-corrected chi connectivity index (χ3v) is 7.07. The molecule has 3 heterocycles. The third kappa shape index (κ3) is 4.90. The number of aliphatic hydroxyl groups is 1. The first-order valence-electron chi connectivity index (χ1n) is 12.6. The molecule has 1 saturated carbocycles. The molecular formula is C25H34N6O4. The van der Waals surface area contributed by atoms with Crippen LogP contribution in [0.1, 0.15) is 69.4 Å². The summed E-state index contributed by atoms with van der Waals surface area (Å²) in [4.78, 5) is 18.2. The lowest BCUT2D eigenvalue weighted by atomic mass is 9.94. The number of pyridine rings is 1. The van der Waals surface area contributed by atoms with Crippen molar-refractivity contribution in [2.75, 3.05) is 26.4 Å². The number of nitrogens with one attached hydrogen (secondary N) is 1. The summed E-state index contributed by atoms with van der Waals surface area (Å²) in [6, 6.07) is 5.77. The van der Waals surface area contributed by atoms with Crippen LogP contribution in [0, 0.1) is 5.92 Å². The van der Waals surface area contributed by atoms with E-state index < -0.39 is 0 Å². The highest BCUT2D eigenvalue weighted by molar-refractivity contribution is 5.83. The van der Waals surface area contributed by atoms with E-state index in [1.807, 2.05) is 22.9 Å². The van der Waals surface area contributed by atoms with E-state index in [4.69, 9.17) is 9.47 Å². The molecule has 10 heteroatoms. The number of fused-ring (bicyclic) bond motifs is 2. The van der Waals surface area contributed by atoms with Crippen LogP contribution < -0.4 is 15.0 Å². The molecule has 1 fully saturated rings.